The predicted molar refractivity (Wildman–Crippen MR) is 91.4 cm³/mol. The smallest absolute Gasteiger partial charge is 0.423 e. The third kappa shape index (κ3) is 4.41. The molecule has 1 aromatic heterocycles. The summed E-state index contributed by atoms with van der Waals surface area (Å²) in [6.45, 7) is 8.30. The fourth-order valence-corrected chi connectivity index (χ4v) is 2.41. The van der Waals surface area contributed by atoms with E-state index in [4.69, 9.17) is 4.74 Å². The van der Waals surface area contributed by atoms with Gasteiger partial charge in [-0.1, -0.05) is 26.0 Å². The number of nitrogens with zero attached hydrogens (tertiary/aromatic N) is 3. The van der Waals surface area contributed by atoms with Gasteiger partial charge in [-0.3, -0.25) is 0 Å². The Hall–Kier alpha value is -2.31. The summed E-state index contributed by atoms with van der Waals surface area (Å²) in [6, 6.07) is 7.83. The van der Waals surface area contributed by atoms with Gasteiger partial charge in [-0.05, 0) is 37.5 Å². The summed E-state index contributed by atoms with van der Waals surface area (Å²) in [5.74, 6) is 0.129. The molecule has 0 saturated carbocycles. The summed E-state index contributed by atoms with van der Waals surface area (Å²) in [5, 5.41) is 0. The molecule has 0 radical (unpaired) electrons. The van der Waals surface area contributed by atoms with Crippen molar-refractivity contribution in [2.45, 2.75) is 39.8 Å². The van der Waals surface area contributed by atoms with Gasteiger partial charge in [-0.15, -0.1) is 0 Å². The van der Waals surface area contributed by atoms with E-state index in [1.807, 2.05) is 31.2 Å². The molecule has 7 heteroatoms. The Labute approximate surface area is 145 Å². The van der Waals surface area contributed by atoms with Gasteiger partial charge in [0.1, 0.15) is 5.56 Å². The molecule has 0 bridgehead atoms. The van der Waals surface area contributed by atoms with Crippen LogP contribution in [0.5, 0.6) is 5.88 Å². The van der Waals surface area contributed by atoms with E-state index in [0.29, 0.717) is 12.5 Å². The van der Waals surface area contributed by atoms with Crippen molar-refractivity contribution in [1.29, 1.82) is 0 Å². The minimum atomic E-state index is -4.56. The number of anilines is 2. The third-order valence-corrected chi connectivity index (χ3v) is 3.76. The highest BCUT2D eigenvalue weighted by Gasteiger charge is 2.36. The Bertz CT molecular complexity index is 700. The van der Waals surface area contributed by atoms with Crippen LogP contribution in [0.25, 0.3) is 0 Å². The average molecular weight is 353 g/mol. The molecule has 4 nitrogen and oxygen atoms in total. The van der Waals surface area contributed by atoms with E-state index < -0.39 is 17.6 Å². The van der Waals surface area contributed by atoms with Crippen LogP contribution < -0.4 is 9.64 Å². The van der Waals surface area contributed by atoms with Gasteiger partial charge < -0.3 is 9.64 Å². The summed E-state index contributed by atoms with van der Waals surface area (Å²) in [6.07, 6.45) is -3.78. The third-order valence-electron chi connectivity index (χ3n) is 3.76. The summed E-state index contributed by atoms with van der Waals surface area (Å²) >= 11 is 0. The number of alkyl halides is 3. The summed E-state index contributed by atoms with van der Waals surface area (Å²) in [7, 11) is 0. The van der Waals surface area contributed by atoms with Crippen molar-refractivity contribution in [3.8, 4) is 5.88 Å². The molecule has 0 unspecified atom stereocenters. The molecule has 2 aromatic rings. The van der Waals surface area contributed by atoms with Gasteiger partial charge in [0.05, 0.1) is 6.61 Å². The SMILES string of the molecule is CCOc1nc(N(CC)c2ccc(C(C)C)cc2)ncc1C(F)(F)F. The first-order valence-electron chi connectivity index (χ1n) is 8.22. The zero-order chi connectivity index (χ0) is 18.6. The normalized spacial score (nSPS) is 11.7. The van der Waals surface area contributed by atoms with E-state index in [1.54, 1.807) is 11.8 Å². The second kappa shape index (κ2) is 7.72. The molecule has 1 heterocycles. The van der Waals surface area contributed by atoms with Crippen molar-refractivity contribution < 1.29 is 17.9 Å². The molecule has 0 aliphatic heterocycles. The number of hydrogen-bond acceptors (Lipinski definition) is 4. The van der Waals surface area contributed by atoms with Gasteiger partial charge in [0.25, 0.3) is 0 Å². The van der Waals surface area contributed by atoms with Crippen molar-refractivity contribution in [1.82, 2.24) is 9.97 Å². The van der Waals surface area contributed by atoms with Crippen LogP contribution in [0, 0.1) is 0 Å². The fourth-order valence-electron chi connectivity index (χ4n) is 2.41. The molecule has 0 amide bonds. The van der Waals surface area contributed by atoms with E-state index >= 15 is 0 Å². The molecule has 0 atom stereocenters. The highest BCUT2D eigenvalue weighted by Crippen LogP contribution is 2.36. The van der Waals surface area contributed by atoms with Gasteiger partial charge in [-0.25, -0.2) is 4.98 Å². The monoisotopic (exact) mass is 353 g/mol. The van der Waals surface area contributed by atoms with Crippen molar-refractivity contribution in [2.24, 2.45) is 0 Å². The maximum atomic E-state index is 13.1. The minimum Gasteiger partial charge on any atom is -0.477 e. The Kier molecular flexibility index (Phi) is 5.87. The summed E-state index contributed by atoms with van der Waals surface area (Å²) in [5.41, 5.74) is 1.03. The van der Waals surface area contributed by atoms with Gasteiger partial charge in [0, 0.05) is 18.4 Å². The van der Waals surface area contributed by atoms with E-state index in [2.05, 4.69) is 23.8 Å². The van der Waals surface area contributed by atoms with Gasteiger partial charge >= 0.3 is 6.18 Å². The van der Waals surface area contributed by atoms with Crippen LogP contribution in [-0.2, 0) is 6.18 Å². The maximum Gasteiger partial charge on any atom is 0.423 e. The fraction of sp³-hybridized carbons (Fsp3) is 0.444. The average Bonchev–Trinajstić information content (AvgIpc) is 2.55. The highest BCUT2D eigenvalue weighted by atomic mass is 19.4. The summed E-state index contributed by atoms with van der Waals surface area (Å²) < 4.78 is 44.3. The lowest BCUT2D eigenvalue weighted by atomic mass is 10.0. The minimum absolute atomic E-state index is 0.0920. The van der Waals surface area contributed by atoms with E-state index in [-0.39, 0.29) is 12.6 Å². The molecular weight excluding hydrogens is 331 g/mol. The second-order valence-electron chi connectivity index (χ2n) is 5.81. The zero-order valence-corrected chi connectivity index (χ0v) is 14.8. The molecule has 0 spiro atoms. The Morgan fingerprint density at radius 2 is 1.76 bits per heavy atom. The largest absolute Gasteiger partial charge is 0.477 e. The van der Waals surface area contributed by atoms with Crippen molar-refractivity contribution in [2.75, 3.05) is 18.1 Å². The number of rotatable bonds is 6. The lowest BCUT2D eigenvalue weighted by molar-refractivity contribution is -0.139. The molecular formula is C18H22F3N3O. The van der Waals surface area contributed by atoms with Crippen LogP contribution in [0.1, 0.15) is 44.7 Å². The molecule has 0 N–H and O–H groups in total. The predicted octanol–water partition coefficient (Wildman–Crippen LogP) is 5.18. The number of benzene rings is 1. The number of aromatic nitrogens is 2. The van der Waals surface area contributed by atoms with E-state index in [0.717, 1.165) is 11.9 Å². The molecule has 1 aromatic carbocycles. The first kappa shape index (κ1) is 19.0. The molecule has 0 saturated heterocycles. The van der Waals surface area contributed by atoms with Crippen LogP contribution in [0.3, 0.4) is 0 Å². The zero-order valence-electron chi connectivity index (χ0n) is 14.8. The maximum absolute atomic E-state index is 13.1. The Morgan fingerprint density at radius 3 is 2.24 bits per heavy atom. The van der Waals surface area contributed by atoms with Crippen molar-refractivity contribution in [3.63, 3.8) is 0 Å². The van der Waals surface area contributed by atoms with Crippen LogP contribution in [0.2, 0.25) is 0 Å². The van der Waals surface area contributed by atoms with Gasteiger partial charge in [-0.2, -0.15) is 18.2 Å². The van der Waals surface area contributed by atoms with Crippen LogP contribution in [-0.4, -0.2) is 23.1 Å². The topological polar surface area (TPSA) is 38.2 Å². The van der Waals surface area contributed by atoms with Gasteiger partial charge in [0.2, 0.25) is 11.8 Å². The lowest BCUT2D eigenvalue weighted by Crippen LogP contribution is -2.20. The molecule has 0 aliphatic rings. The van der Waals surface area contributed by atoms with Crippen LogP contribution in [0.15, 0.2) is 30.5 Å². The van der Waals surface area contributed by atoms with Crippen LogP contribution in [0.4, 0.5) is 24.8 Å². The van der Waals surface area contributed by atoms with Crippen molar-refractivity contribution in [3.05, 3.63) is 41.6 Å². The van der Waals surface area contributed by atoms with Gasteiger partial charge in [0.15, 0.2) is 0 Å². The quantitative estimate of drug-likeness (QED) is 0.718. The first-order valence-corrected chi connectivity index (χ1v) is 8.22. The summed E-state index contributed by atoms with van der Waals surface area (Å²) in [4.78, 5) is 9.66. The molecule has 0 aliphatic carbocycles. The molecule has 136 valence electrons. The number of halogens is 3. The second-order valence-corrected chi connectivity index (χ2v) is 5.81. The standard InChI is InChI=1S/C18H22F3N3O/c1-5-24(14-9-7-13(8-10-14)12(3)4)17-22-11-15(18(19,20)21)16(23-17)25-6-2/h7-12H,5-6H2,1-4H3. The van der Waals surface area contributed by atoms with E-state index in [9.17, 15) is 13.2 Å². The first-order chi connectivity index (χ1) is 11.8. The number of ether oxygens (including phenoxy) is 1. The van der Waals surface area contributed by atoms with Crippen molar-refractivity contribution >= 4 is 11.6 Å². The Morgan fingerprint density at radius 1 is 1.12 bits per heavy atom. The highest BCUT2D eigenvalue weighted by molar-refractivity contribution is 5.58. The molecule has 2 rings (SSSR count). The lowest BCUT2D eigenvalue weighted by Gasteiger charge is -2.23. The number of hydrogen-bond donors (Lipinski definition) is 0. The van der Waals surface area contributed by atoms with E-state index in [1.165, 1.54) is 5.56 Å². The Balaban J connectivity index is 2.41. The molecule has 25 heavy (non-hydrogen) atoms. The van der Waals surface area contributed by atoms with Crippen LogP contribution >= 0.6 is 0 Å². The molecule has 0 fully saturated rings.